The van der Waals surface area contributed by atoms with Crippen molar-refractivity contribution >= 4 is 5.91 Å². The Morgan fingerprint density at radius 1 is 1.39 bits per heavy atom. The predicted molar refractivity (Wildman–Crippen MR) is 86.3 cm³/mol. The standard InChI is InChI=1S/C18H29NO4/c1-2-22-18-14(4-3-9-20)15(13-7-8-13)10-16(23-18)17(21)19-11-12-5-6-12/h10,12-15,18,20H,2-9,11H2,1H3,(H,19,21)/t14-,15+,18+/m1/s1. The highest BCUT2D eigenvalue weighted by Crippen LogP contribution is 2.47. The van der Waals surface area contributed by atoms with Gasteiger partial charge in [-0.25, -0.2) is 0 Å². The summed E-state index contributed by atoms with van der Waals surface area (Å²) >= 11 is 0. The molecule has 2 aliphatic carbocycles. The number of hydrogen-bond acceptors (Lipinski definition) is 4. The molecule has 0 radical (unpaired) electrons. The van der Waals surface area contributed by atoms with Crippen LogP contribution in [0.2, 0.25) is 0 Å². The van der Waals surface area contributed by atoms with Gasteiger partial charge in [-0.3, -0.25) is 4.79 Å². The number of aliphatic hydroxyl groups excluding tert-OH is 1. The first-order chi connectivity index (χ1) is 11.2. The molecule has 1 heterocycles. The van der Waals surface area contributed by atoms with Crippen LogP contribution in [-0.4, -0.2) is 37.1 Å². The lowest BCUT2D eigenvalue weighted by Crippen LogP contribution is -2.40. The number of amides is 1. The first kappa shape index (κ1) is 16.8. The monoisotopic (exact) mass is 323 g/mol. The van der Waals surface area contributed by atoms with Crippen molar-refractivity contribution in [1.82, 2.24) is 5.32 Å². The van der Waals surface area contributed by atoms with Crippen molar-refractivity contribution in [2.24, 2.45) is 23.7 Å². The molecule has 3 aliphatic rings. The number of allylic oxidation sites excluding steroid dienone is 1. The molecule has 1 aliphatic heterocycles. The van der Waals surface area contributed by atoms with Gasteiger partial charge in [0.05, 0.1) is 0 Å². The van der Waals surface area contributed by atoms with Crippen molar-refractivity contribution in [1.29, 1.82) is 0 Å². The Morgan fingerprint density at radius 3 is 2.78 bits per heavy atom. The molecule has 3 atom stereocenters. The second-order valence-electron chi connectivity index (χ2n) is 7.07. The number of rotatable bonds is 9. The number of hydrogen-bond donors (Lipinski definition) is 2. The average Bonchev–Trinajstić information content (AvgIpc) is 3.44. The van der Waals surface area contributed by atoms with Crippen molar-refractivity contribution in [2.75, 3.05) is 19.8 Å². The smallest absolute Gasteiger partial charge is 0.286 e. The highest BCUT2D eigenvalue weighted by atomic mass is 16.7. The summed E-state index contributed by atoms with van der Waals surface area (Å²) in [6.45, 7) is 3.45. The van der Waals surface area contributed by atoms with E-state index in [0.717, 1.165) is 19.4 Å². The van der Waals surface area contributed by atoms with Crippen molar-refractivity contribution in [3.8, 4) is 0 Å². The van der Waals surface area contributed by atoms with Gasteiger partial charge in [-0.1, -0.05) is 0 Å². The van der Waals surface area contributed by atoms with Gasteiger partial charge in [0.25, 0.3) is 5.91 Å². The van der Waals surface area contributed by atoms with Crippen molar-refractivity contribution in [3.63, 3.8) is 0 Å². The largest absolute Gasteiger partial charge is 0.459 e. The number of nitrogens with one attached hydrogen (secondary N) is 1. The van der Waals surface area contributed by atoms with E-state index in [1.165, 1.54) is 25.7 Å². The minimum Gasteiger partial charge on any atom is -0.459 e. The van der Waals surface area contributed by atoms with E-state index in [2.05, 4.69) is 5.32 Å². The predicted octanol–water partition coefficient (Wildman–Crippen LogP) is 2.20. The van der Waals surface area contributed by atoms with E-state index in [0.29, 0.717) is 30.1 Å². The Kier molecular flexibility index (Phi) is 5.59. The minimum atomic E-state index is -0.371. The summed E-state index contributed by atoms with van der Waals surface area (Å²) in [6, 6.07) is 0. The van der Waals surface area contributed by atoms with Crippen molar-refractivity contribution < 1.29 is 19.4 Å². The van der Waals surface area contributed by atoms with Gasteiger partial charge in [-0.05, 0) is 69.3 Å². The summed E-state index contributed by atoms with van der Waals surface area (Å²) in [7, 11) is 0. The molecule has 5 nitrogen and oxygen atoms in total. The number of aliphatic hydroxyl groups is 1. The van der Waals surface area contributed by atoms with Crippen molar-refractivity contribution in [2.45, 2.75) is 51.7 Å². The van der Waals surface area contributed by atoms with E-state index >= 15 is 0 Å². The van der Waals surface area contributed by atoms with E-state index in [1.807, 2.05) is 13.0 Å². The second-order valence-corrected chi connectivity index (χ2v) is 7.07. The summed E-state index contributed by atoms with van der Waals surface area (Å²) in [5.74, 6) is 2.18. The van der Waals surface area contributed by atoms with Crippen LogP contribution in [0.4, 0.5) is 0 Å². The molecule has 0 spiro atoms. The maximum absolute atomic E-state index is 12.4. The Labute approximate surface area is 138 Å². The molecule has 3 rings (SSSR count). The van der Waals surface area contributed by atoms with E-state index in [-0.39, 0.29) is 24.7 Å². The fourth-order valence-electron chi connectivity index (χ4n) is 3.45. The quantitative estimate of drug-likeness (QED) is 0.683. The first-order valence-electron chi connectivity index (χ1n) is 9.12. The summed E-state index contributed by atoms with van der Waals surface area (Å²) in [5.41, 5.74) is 0. The molecule has 2 fully saturated rings. The molecule has 2 saturated carbocycles. The minimum absolute atomic E-state index is 0.104. The van der Waals surface area contributed by atoms with E-state index in [9.17, 15) is 4.79 Å². The lowest BCUT2D eigenvalue weighted by molar-refractivity contribution is -0.173. The lowest BCUT2D eigenvalue weighted by Gasteiger charge is -2.37. The van der Waals surface area contributed by atoms with Crippen LogP contribution < -0.4 is 5.32 Å². The van der Waals surface area contributed by atoms with Gasteiger partial charge >= 0.3 is 0 Å². The molecular formula is C18H29NO4. The Balaban J connectivity index is 1.69. The Bertz CT molecular complexity index is 442. The lowest BCUT2D eigenvalue weighted by atomic mass is 9.82. The van der Waals surface area contributed by atoms with Crippen LogP contribution in [0.3, 0.4) is 0 Å². The van der Waals surface area contributed by atoms with Crippen LogP contribution >= 0.6 is 0 Å². The first-order valence-corrected chi connectivity index (χ1v) is 9.12. The van der Waals surface area contributed by atoms with Crippen LogP contribution in [0, 0.1) is 23.7 Å². The zero-order valence-corrected chi connectivity index (χ0v) is 14.0. The van der Waals surface area contributed by atoms with Gasteiger partial charge in [0, 0.05) is 25.7 Å². The van der Waals surface area contributed by atoms with Gasteiger partial charge < -0.3 is 19.9 Å². The normalized spacial score (nSPS) is 30.5. The molecule has 0 bridgehead atoms. The average molecular weight is 323 g/mol. The van der Waals surface area contributed by atoms with Crippen LogP contribution in [0.15, 0.2) is 11.8 Å². The van der Waals surface area contributed by atoms with Gasteiger partial charge in [0.2, 0.25) is 6.29 Å². The molecule has 0 aromatic rings. The summed E-state index contributed by atoms with van der Waals surface area (Å²) in [5, 5.41) is 12.1. The third-order valence-electron chi connectivity index (χ3n) is 5.10. The molecule has 2 N–H and O–H groups in total. The van der Waals surface area contributed by atoms with Gasteiger partial charge in [-0.15, -0.1) is 0 Å². The van der Waals surface area contributed by atoms with Gasteiger partial charge in [-0.2, -0.15) is 0 Å². The number of carbonyl (C=O) groups is 1. The number of ether oxygens (including phenoxy) is 2. The summed E-state index contributed by atoms with van der Waals surface area (Å²) < 4.78 is 11.7. The molecule has 0 aromatic heterocycles. The molecular weight excluding hydrogens is 294 g/mol. The topological polar surface area (TPSA) is 67.8 Å². The van der Waals surface area contributed by atoms with E-state index in [1.54, 1.807) is 0 Å². The van der Waals surface area contributed by atoms with Crippen LogP contribution in [0.5, 0.6) is 0 Å². The zero-order valence-electron chi connectivity index (χ0n) is 14.0. The highest BCUT2D eigenvalue weighted by molar-refractivity contribution is 5.91. The molecule has 0 unspecified atom stereocenters. The highest BCUT2D eigenvalue weighted by Gasteiger charge is 2.44. The molecule has 5 heteroatoms. The fourth-order valence-corrected chi connectivity index (χ4v) is 3.45. The van der Waals surface area contributed by atoms with Gasteiger partial charge in [0.1, 0.15) is 0 Å². The fraction of sp³-hybridized carbons (Fsp3) is 0.833. The van der Waals surface area contributed by atoms with Gasteiger partial charge in [0.15, 0.2) is 5.76 Å². The Hall–Kier alpha value is -1.07. The molecule has 0 aromatic carbocycles. The van der Waals surface area contributed by atoms with Crippen LogP contribution in [-0.2, 0) is 14.3 Å². The molecule has 0 saturated heterocycles. The van der Waals surface area contributed by atoms with E-state index < -0.39 is 0 Å². The van der Waals surface area contributed by atoms with Crippen LogP contribution in [0.25, 0.3) is 0 Å². The van der Waals surface area contributed by atoms with Crippen molar-refractivity contribution in [3.05, 3.63) is 11.8 Å². The Morgan fingerprint density at radius 2 is 2.17 bits per heavy atom. The maximum atomic E-state index is 12.4. The third kappa shape index (κ3) is 4.48. The summed E-state index contributed by atoms with van der Waals surface area (Å²) in [6.07, 6.45) is 8.14. The molecule has 130 valence electrons. The summed E-state index contributed by atoms with van der Waals surface area (Å²) in [4.78, 5) is 12.4. The zero-order chi connectivity index (χ0) is 16.2. The maximum Gasteiger partial charge on any atom is 0.286 e. The molecule has 23 heavy (non-hydrogen) atoms. The molecule has 1 amide bonds. The second kappa shape index (κ2) is 7.67. The number of carbonyl (C=O) groups excluding carboxylic acids is 1. The van der Waals surface area contributed by atoms with E-state index in [4.69, 9.17) is 14.6 Å². The third-order valence-corrected chi connectivity index (χ3v) is 5.10. The SMILES string of the molecule is CCO[C@H]1OC(C(=O)NCC2CC2)=C[C@@H](C2CC2)[C@H]1CCCO. The van der Waals surface area contributed by atoms with Crippen LogP contribution in [0.1, 0.15) is 45.4 Å².